The molecule has 0 fully saturated rings. The second kappa shape index (κ2) is 10.3. The Morgan fingerprint density at radius 3 is 2.63 bits per heavy atom. The minimum Gasteiger partial charge on any atom is -0.505 e. The molecule has 0 amide bonds. The summed E-state index contributed by atoms with van der Waals surface area (Å²) in [5.41, 5.74) is 1.28. The topological polar surface area (TPSA) is 165 Å². The van der Waals surface area contributed by atoms with Crippen LogP contribution < -0.4 is 20.9 Å². The third kappa shape index (κ3) is 5.98. The van der Waals surface area contributed by atoms with Crippen LogP contribution in [0.1, 0.15) is 39.7 Å². The maximum atomic E-state index is 14.0. The van der Waals surface area contributed by atoms with Crippen LogP contribution in [0.2, 0.25) is 0 Å². The third-order valence-electron chi connectivity index (χ3n) is 5.50. The van der Waals surface area contributed by atoms with Crippen LogP contribution in [0.25, 0.3) is 10.6 Å². The summed E-state index contributed by atoms with van der Waals surface area (Å²) in [7, 11) is -7.58. The first-order chi connectivity index (χ1) is 17.7. The monoisotopic (exact) mass is 580 g/mol. The van der Waals surface area contributed by atoms with E-state index in [0.717, 1.165) is 6.26 Å². The Hall–Kier alpha value is -3.06. The van der Waals surface area contributed by atoms with Crippen molar-refractivity contribution in [2.45, 2.75) is 40.7 Å². The fourth-order valence-corrected chi connectivity index (χ4v) is 6.71. The molecule has 0 aliphatic carbocycles. The Bertz CT molecular complexity index is 1610. The lowest BCUT2D eigenvalue weighted by Crippen LogP contribution is -2.35. The van der Waals surface area contributed by atoms with Gasteiger partial charge in [0.2, 0.25) is 10.0 Å². The molecule has 3 aromatic rings. The first kappa shape index (κ1) is 28.0. The number of fused-ring (bicyclic) bond motifs is 1. The molecule has 0 bridgehead atoms. The zero-order valence-corrected chi connectivity index (χ0v) is 24.1. The predicted molar refractivity (Wildman–Crippen MR) is 149 cm³/mol. The molecule has 38 heavy (non-hydrogen) atoms. The summed E-state index contributed by atoms with van der Waals surface area (Å²) in [6.07, 6.45) is 3.16. The van der Waals surface area contributed by atoms with Crippen LogP contribution in [-0.2, 0) is 25.7 Å². The Labute approximate surface area is 224 Å². The molecule has 12 nitrogen and oxygen atoms in total. The van der Waals surface area contributed by atoms with Crippen molar-refractivity contribution >= 4 is 51.4 Å². The highest BCUT2D eigenvalue weighted by atomic mass is 32.2. The SMILES string of the molecule is CCOP1(=O)N=C(c2c(O)c(-c3cncs3)nn(CCC(C)(C)C)c2=O)Nc2ccc(NS(C)(=O)=O)cc21. The van der Waals surface area contributed by atoms with Crippen molar-refractivity contribution < 1.29 is 22.6 Å². The normalized spacial score (nSPS) is 17.4. The highest BCUT2D eigenvalue weighted by molar-refractivity contribution is 7.92. The van der Waals surface area contributed by atoms with Crippen molar-refractivity contribution in [1.82, 2.24) is 14.8 Å². The average Bonchev–Trinajstić information content (AvgIpc) is 3.32. The van der Waals surface area contributed by atoms with E-state index in [1.807, 2.05) is 20.8 Å². The summed E-state index contributed by atoms with van der Waals surface area (Å²) < 4.78 is 50.9. The van der Waals surface area contributed by atoms with Crippen LogP contribution in [0.5, 0.6) is 5.75 Å². The number of thiazole rings is 1. The molecule has 2 aromatic heterocycles. The lowest BCUT2D eigenvalue weighted by Gasteiger charge is -2.26. The van der Waals surface area contributed by atoms with Gasteiger partial charge in [-0.1, -0.05) is 20.8 Å². The molecule has 1 aliphatic heterocycles. The van der Waals surface area contributed by atoms with Crippen LogP contribution in [-0.4, -0.2) is 47.0 Å². The number of hydrogen-bond donors (Lipinski definition) is 3. The lowest BCUT2D eigenvalue weighted by atomic mass is 9.92. The van der Waals surface area contributed by atoms with Crippen LogP contribution >= 0.6 is 18.9 Å². The first-order valence-corrected chi connectivity index (χ1v) is 16.0. The van der Waals surface area contributed by atoms with Crippen LogP contribution in [0.15, 0.2) is 39.5 Å². The van der Waals surface area contributed by atoms with Gasteiger partial charge in [-0.3, -0.25) is 19.1 Å². The minimum atomic E-state index is -3.99. The number of sulfonamides is 1. The fourth-order valence-electron chi connectivity index (χ4n) is 3.74. The smallest absolute Gasteiger partial charge is 0.348 e. The van der Waals surface area contributed by atoms with Gasteiger partial charge in [0.15, 0.2) is 11.6 Å². The fraction of sp³-hybridized carbons (Fsp3) is 0.391. The molecule has 0 radical (unpaired) electrons. The molecular formula is C23H29N6O6PS2. The van der Waals surface area contributed by atoms with E-state index in [1.54, 1.807) is 12.4 Å². The maximum absolute atomic E-state index is 14.0. The van der Waals surface area contributed by atoms with Crippen molar-refractivity contribution in [3.8, 4) is 16.3 Å². The summed E-state index contributed by atoms with van der Waals surface area (Å²) >= 11 is 1.24. The zero-order valence-electron chi connectivity index (χ0n) is 21.5. The summed E-state index contributed by atoms with van der Waals surface area (Å²) in [6, 6.07) is 4.35. The molecule has 3 N–H and O–H groups in total. The number of amidine groups is 1. The van der Waals surface area contributed by atoms with E-state index >= 15 is 0 Å². The van der Waals surface area contributed by atoms with E-state index in [1.165, 1.54) is 40.4 Å². The Morgan fingerprint density at radius 2 is 2.03 bits per heavy atom. The number of benzene rings is 1. The summed E-state index contributed by atoms with van der Waals surface area (Å²) in [5, 5.41) is 18.8. The largest absolute Gasteiger partial charge is 0.505 e. The van der Waals surface area contributed by atoms with Crippen molar-refractivity contribution in [3.05, 3.63) is 45.8 Å². The molecule has 1 aromatic carbocycles. The van der Waals surface area contributed by atoms with Gasteiger partial charge < -0.3 is 14.9 Å². The van der Waals surface area contributed by atoms with Crippen molar-refractivity contribution in [3.63, 3.8) is 0 Å². The molecule has 1 unspecified atom stereocenters. The van der Waals surface area contributed by atoms with E-state index in [9.17, 15) is 22.9 Å². The van der Waals surface area contributed by atoms with E-state index in [-0.39, 0.29) is 46.7 Å². The van der Waals surface area contributed by atoms with E-state index in [2.05, 4.69) is 24.9 Å². The molecule has 1 atom stereocenters. The van der Waals surface area contributed by atoms with Crippen molar-refractivity contribution in [1.29, 1.82) is 0 Å². The van der Waals surface area contributed by atoms with Crippen LogP contribution in [0.4, 0.5) is 11.4 Å². The second-order valence-corrected chi connectivity index (χ2v) is 14.5. The van der Waals surface area contributed by atoms with Gasteiger partial charge in [0, 0.05) is 18.4 Å². The van der Waals surface area contributed by atoms with Gasteiger partial charge in [0.25, 0.3) is 5.56 Å². The molecule has 3 heterocycles. The molecular weight excluding hydrogens is 551 g/mol. The van der Waals surface area contributed by atoms with Gasteiger partial charge in [-0.15, -0.1) is 11.3 Å². The summed E-state index contributed by atoms with van der Waals surface area (Å²) in [5.74, 6) is -0.572. The van der Waals surface area contributed by atoms with Crippen LogP contribution in [0, 0.1) is 5.41 Å². The van der Waals surface area contributed by atoms with E-state index < -0.39 is 28.9 Å². The standard InChI is InChI=1S/C23H29N6O6PS2/c1-6-35-36(32)16-11-14(28-38(5,33)34)7-8-15(16)25-21(27-36)18-20(30)19(17-12-24-13-37-17)26-29(22(18)31)10-9-23(2,3)4/h7-8,11-13,28,30H,6,9-10H2,1-5H3,(H,25,27,32). The molecule has 4 rings (SSSR count). The number of rotatable bonds is 8. The lowest BCUT2D eigenvalue weighted by molar-refractivity contribution is 0.335. The first-order valence-electron chi connectivity index (χ1n) is 11.7. The average molecular weight is 581 g/mol. The molecule has 0 saturated heterocycles. The zero-order chi connectivity index (χ0) is 27.9. The molecule has 1 aliphatic rings. The van der Waals surface area contributed by atoms with Gasteiger partial charge in [0.1, 0.15) is 11.3 Å². The van der Waals surface area contributed by atoms with Gasteiger partial charge in [-0.25, -0.2) is 13.1 Å². The molecule has 0 saturated carbocycles. The van der Waals surface area contributed by atoms with Gasteiger partial charge in [-0.05, 0) is 37.0 Å². The predicted octanol–water partition coefficient (Wildman–Crippen LogP) is 3.61. The summed E-state index contributed by atoms with van der Waals surface area (Å²) in [6.45, 7) is 8.06. The number of anilines is 2. The quantitative estimate of drug-likeness (QED) is 0.338. The number of aromatic hydroxyl groups is 1. The number of nitrogens with one attached hydrogen (secondary N) is 2. The Balaban J connectivity index is 1.90. The summed E-state index contributed by atoms with van der Waals surface area (Å²) in [4.78, 5) is 18.2. The number of aromatic nitrogens is 3. The third-order valence-corrected chi connectivity index (χ3v) is 8.94. The number of aryl methyl sites for hydroxylation is 1. The van der Waals surface area contributed by atoms with E-state index in [0.29, 0.717) is 17.0 Å². The molecule has 15 heteroatoms. The molecule has 0 spiro atoms. The second-order valence-electron chi connectivity index (χ2n) is 9.89. The Morgan fingerprint density at radius 1 is 1.29 bits per heavy atom. The molecule has 204 valence electrons. The minimum absolute atomic E-state index is 0.0293. The van der Waals surface area contributed by atoms with E-state index in [4.69, 9.17) is 4.52 Å². The number of hydrogen-bond acceptors (Lipinski definition) is 10. The maximum Gasteiger partial charge on any atom is 0.348 e. The highest BCUT2D eigenvalue weighted by Gasteiger charge is 2.36. The van der Waals surface area contributed by atoms with Gasteiger partial charge in [0.05, 0.1) is 34.2 Å². The Kier molecular flexibility index (Phi) is 7.54. The highest BCUT2D eigenvalue weighted by Crippen LogP contribution is 2.52. The van der Waals surface area contributed by atoms with Crippen molar-refractivity contribution in [2.75, 3.05) is 22.9 Å². The van der Waals surface area contributed by atoms with Gasteiger partial charge >= 0.3 is 7.52 Å². The van der Waals surface area contributed by atoms with Crippen molar-refractivity contribution in [2.24, 2.45) is 10.2 Å². The van der Waals surface area contributed by atoms with Gasteiger partial charge in [-0.2, -0.15) is 9.86 Å². The number of nitrogens with zero attached hydrogens (tertiary/aromatic N) is 4. The van der Waals surface area contributed by atoms with Crippen LogP contribution in [0.3, 0.4) is 0 Å².